The molecule has 0 aliphatic carbocycles. The fourth-order valence-electron chi connectivity index (χ4n) is 1.65. The number of nitrogens with zero attached hydrogens (tertiary/aromatic N) is 2. The first kappa shape index (κ1) is 11.8. The Hall–Kier alpha value is -1.27. The summed E-state index contributed by atoms with van der Waals surface area (Å²) in [6.45, 7) is 3.97. The van der Waals surface area contributed by atoms with Gasteiger partial charge in [0.25, 0.3) is 0 Å². The highest BCUT2D eigenvalue weighted by molar-refractivity contribution is 5.20. The molecule has 1 N–H and O–H groups in total. The number of nitrogens with one attached hydrogen (secondary N) is 1. The molecule has 3 heteroatoms. The molecular formula is C12H19N3. The highest BCUT2D eigenvalue weighted by Gasteiger charge is 2.13. The SMILES string of the molecule is CC#CCCC(NC)c1cnn(C)c1C. The van der Waals surface area contributed by atoms with E-state index in [9.17, 15) is 0 Å². The van der Waals surface area contributed by atoms with Gasteiger partial charge in [-0.2, -0.15) is 5.10 Å². The first-order valence-electron chi connectivity index (χ1n) is 5.26. The largest absolute Gasteiger partial charge is 0.313 e. The summed E-state index contributed by atoms with van der Waals surface area (Å²) < 4.78 is 1.91. The molecule has 1 aromatic heterocycles. The Morgan fingerprint density at radius 3 is 2.80 bits per heavy atom. The quantitative estimate of drug-likeness (QED) is 0.759. The average molecular weight is 205 g/mol. The van der Waals surface area contributed by atoms with E-state index in [1.807, 2.05) is 31.9 Å². The van der Waals surface area contributed by atoms with E-state index >= 15 is 0 Å². The molecule has 1 rings (SSSR count). The molecule has 1 heterocycles. The Labute approximate surface area is 91.9 Å². The lowest BCUT2D eigenvalue weighted by Gasteiger charge is -2.14. The van der Waals surface area contributed by atoms with Gasteiger partial charge in [-0.15, -0.1) is 11.8 Å². The van der Waals surface area contributed by atoms with Crippen molar-refractivity contribution in [2.45, 2.75) is 32.7 Å². The average Bonchev–Trinajstić information content (AvgIpc) is 2.56. The number of aromatic nitrogens is 2. The summed E-state index contributed by atoms with van der Waals surface area (Å²) in [4.78, 5) is 0. The minimum Gasteiger partial charge on any atom is -0.313 e. The molecule has 0 aromatic carbocycles. The van der Waals surface area contributed by atoms with Gasteiger partial charge >= 0.3 is 0 Å². The van der Waals surface area contributed by atoms with Gasteiger partial charge in [0.05, 0.1) is 6.20 Å². The Morgan fingerprint density at radius 2 is 2.33 bits per heavy atom. The second kappa shape index (κ2) is 5.57. The van der Waals surface area contributed by atoms with Crippen molar-refractivity contribution in [3.63, 3.8) is 0 Å². The molecule has 0 spiro atoms. The van der Waals surface area contributed by atoms with Crippen LogP contribution in [0.3, 0.4) is 0 Å². The maximum Gasteiger partial charge on any atom is 0.0540 e. The van der Waals surface area contributed by atoms with Crippen molar-refractivity contribution in [3.05, 3.63) is 17.5 Å². The number of hydrogen-bond donors (Lipinski definition) is 1. The van der Waals surface area contributed by atoms with Gasteiger partial charge < -0.3 is 5.32 Å². The van der Waals surface area contributed by atoms with Gasteiger partial charge in [-0.1, -0.05) is 0 Å². The van der Waals surface area contributed by atoms with Crippen LogP contribution >= 0.6 is 0 Å². The van der Waals surface area contributed by atoms with Gasteiger partial charge in [0.1, 0.15) is 0 Å². The Kier molecular flexibility index (Phi) is 4.38. The van der Waals surface area contributed by atoms with Crippen LogP contribution in [0.15, 0.2) is 6.20 Å². The van der Waals surface area contributed by atoms with E-state index in [-0.39, 0.29) is 0 Å². The highest BCUT2D eigenvalue weighted by Crippen LogP contribution is 2.20. The minimum absolute atomic E-state index is 0.361. The van der Waals surface area contributed by atoms with Crippen LogP contribution in [0, 0.1) is 18.8 Å². The molecule has 0 amide bonds. The zero-order valence-electron chi connectivity index (χ0n) is 9.96. The highest BCUT2D eigenvalue weighted by atomic mass is 15.3. The molecule has 0 radical (unpaired) electrons. The van der Waals surface area contributed by atoms with Crippen molar-refractivity contribution in [2.75, 3.05) is 7.05 Å². The fraction of sp³-hybridized carbons (Fsp3) is 0.583. The molecule has 1 unspecified atom stereocenters. The molecule has 82 valence electrons. The standard InChI is InChI=1S/C12H19N3/c1-5-6-7-8-12(13-3)11-9-14-15(4)10(11)2/h9,12-13H,7-8H2,1-4H3. The molecule has 1 aromatic rings. The van der Waals surface area contributed by atoms with E-state index < -0.39 is 0 Å². The van der Waals surface area contributed by atoms with Crippen LogP contribution in [0.4, 0.5) is 0 Å². The van der Waals surface area contributed by atoms with E-state index in [0.29, 0.717) is 6.04 Å². The van der Waals surface area contributed by atoms with E-state index in [4.69, 9.17) is 0 Å². The van der Waals surface area contributed by atoms with Crippen LogP contribution in [-0.4, -0.2) is 16.8 Å². The molecule has 0 fully saturated rings. The lowest BCUT2D eigenvalue weighted by Crippen LogP contribution is -2.16. The summed E-state index contributed by atoms with van der Waals surface area (Å²) in [6, 6.07) is 0.361. The molecule has 0 saturated carbocycles. The summed E-state index contributed by atoms with van der Waals surface area (Å²) in [5.41, 5.74) is 2.50. The van der Waals surface area contributed by atoms with Gasteiger partial charge in [0.2, 0.25) is 0 Å². The molecule has 0 aliphatic rings. The Morgan fingerprint density at radius 1 is 1.60 bits per heavy atom. The smallest absolute Gasteiger partial charge is 0.0540 e. The molecule has 1 atom stereocenters. The maximum atomic E-state index is 4.25. The zero-order valence-corrected chi connectivity index (χ0v) is 9.96. The van der Waals surface area contributed by atoms with Gasteiger partial charge in [-0.05, 0) is 27.3 Å². The second-order valence-corrected chi connectivity index (χ2v) is 3.62. The molecule has 0 bridgehead atoms. The van der Waals surface area contributed by atoms with E-state index in [1.54, 1.807) is 0 Å². The summed E-state index contributed by atoms with van der Waals surface area (Å²) in [5.74, 6) is 6.01. The predicted molar refractivity (Wildman–Crippen MR) is 62.4 cm³/mol. The van der Waals surface area contributed by atoms with Crippen molar-refractivity contribution >= 4 is 0 Å². The van der Waals surface area contributed by atoms with Crippen LogP contribution in [0.5, 0.6) is 0 Å². The lowest BCUT2D eigenvalue weighted by atomic mass is 10.0. The van der Waals surface area contributed by atoms with Gasteiger partial charge in [-0.3, -0.25) is 4.68 Å². The maximum absolute atomic E-state index is 4.25. The lowest BCUT2D eigenvalue weighted by molar-refractivity contribution is 0.554. The van der Waals surface area contributed by atoms with Crippen molar-refractivity contribution < 1.29 is 0 Å². The monoisotopic (exact) mass is 205 g/mol. The van der Waals surface area contributed by atoms with Gasteiger partial charge in [-0.25, -0.2) is 0 Å². The van der Waals surface area contributed by atoms with Crippen molar-refractivity contribution in [1.29, 1.82) is 0 Å². The number of hydrogen-bond acceptors (Lipinski definition) is 2. The predicted octanol–water partition coefficient (Wildman–Crippen LogP) is 1.79. The minimum atomic E-state index is 0.361. The van der Waals surface area contributed by atoms with Gasteiger partial charge in [0.15, 0.2) is 0 Å². The van der Waals surface area contributed by atoms with Crippen LogP contribution in [0.25, 0.3) is 0 Å². The van der Waals surface area contributed by atoms with E-state index in [1.165, 1.54) is 11.3 Å². The summed E-state index contributed by atoms with van der Waals surface area (Å²) in [7, 11) is 3.95. The summed E-state index contributed by atoms with van der Waals surface area (Å²) in [6.07, 6.45) is 3.90. The number of aryl methyl sites for hydroxylation is 1. The van der Waals surface area contributed by atoms with E-state index in [0.717, 1.165) is 12.8 Å². The van der Waals surface area contributed by atoms with Crippen molar-refractivity contribution in [2.24, 2.45) is 7.05 Å². The summed E-state index contributed by atoms with van der Waals surface area (Å²) >= 11 is 0. The third kappa shape index (κ3) is 2.84. The van der Waals surface area contributed by atoms with Crippen LogP contribution in [-0.2, 0) is 7.05 Å². The zero-order chi connectivity index (χ0) is 11.3. The fourth-order valence-corrected chi connectivity index (χ4v) is 1.65. The van der Waals surface area contributed by atoms with E-state index in [2.05, 4.69) is 29.2 Å². The first-order chi connectivity index (χ1) is 7.20. The van der Waals surface area contributed by atoms with Crippen molar-refractivity contribution in [3.8, 4) is 11.8 Å². The third-order valence-electron chi connectivity index (χ3n) is 2.73. The van der Waals surface area contributed by atoms with Gasteiger partial charge in [0, 0.05) is 30.8 Å². The Balaban J connectivity index is 2.72. The molecule has 15 heavy (non-hydrogen) atoms. The summed E-state index contributed by atoms with van der Waals surface area (Å²) in [5, 5.41) is 7.56. The molecule has 0 aliphatic heterocycles. The van der Waals surface area contributed by atoms with Crippen LogP contribution in [0.2, 0.25) is 0 Å². The van der Waals surface area contributed by atoms with Crippen LogP contribution < -0.4 is 5.32 Å². The normalized spacial score (nSPS) is 12.0. The third-order valence-corrected chi connectivity index (χ3v) is 2.73. The second-order valence-electron chi connectivity index (χ2n) is 3.62. The molecule has 3 nitrogen and oxygen atoms in total. The number of rotatable bonds is 4. The first-order valence-corrected chi connectivity index (χ1v) is 5.26. The molecule has 0 saturated heterocycles. The van der Waals surface area contributed by atoms with Crippen LogP contribution in [0.1, 0.15) is 37.1 Å². The Bertz CT molecular complexity index is 368. The topological polar surface area (TPSA) is 29.9 Å². The molecular weight excluding hydrogens is 186 g/mol. The van der Waals surface area contributed by atoms with Crippen molar-refractivity contribution in [1.82, 2.24) is 15.1 Å².